The van der Waals surface area contributed by atoms with Crippen molar-refractivity contribution >= 4 is 7.37 Å². The third-order valence-electron chi connectivity index (χ3n) is 3.92. The molecule has 136 valence electrons. The van der Waals surface area contributed by atoms with Gasteiger partial charge < -0.3 is 30.1 Å². The molecule has 1 aromatic carbocycles. The standard InChI is InChI=1S/C14H19F2O7P/c15-8-2-1-3-9(16)7(8)6-24(21,22)5-4-10-11(17)12(18)13(19)14(20)23-10/h1-3,10-14,17-20H,4-6H2,(H,21,22)/t10-,11-,12+,13+,14?/m1/s1. The van der Waals surface area contributed by atoms with Gasteiger partial charge in [-0.1, -0.05) is 6.07 Å². The van der Waals surface area contributed by atoms with Crippen LogP contribution in [-0.2, 0) is 15.5 Å². The normalized spacial score (nSPS) is 33.2. The summed E-state index contributed by atoms with van der Waals surface area (Å²) >= 11 is 0. The van der Waals surface area contributed by atoms with Gasteiger partial charge in [-0.15, -0.1) is 0 Å². The molecule has 2 rings (SSSR count). The predicted molar refractivity (Wildman–Crippen MR) is 78.3 cm³/mol. The first-order valence-corrected chi connectivity index (χ1v) is 9.27. The Morgan fingerprint density at radius 1 is 1.04 bits per heavy atom. The zero-order chi connectivity index (χ0) is 18.1. The SMILES string of the molecule is O=P(O)(CC[C@H]1OC(O)[C@@H](O)[C@@H](O)[C@@H]1O)Cc1c(F)cccc1F. The average Bonchev–Trinajstić information content (AvgIpc) is 2.51. The molecular formula is C14H19F2O7P. The lowest BCUT2D eigenvalue weighted by molar-refractivity contribution is -0.281. The largest absolute Gasteiger partial charge is 0.388 e. The minimum absolute atomic E-state index is 0.258. The van der Waals surface area contributed by atoms with Crippen molar-refractivity contribution in [3.63, 3.8) is 0 Å². The summed E-state index contributed by atoms with van der Waals surface area (Å²) in [6.45, 7) is 0. The zero-order valence-corrected chi connectivity index (χ0v) is 13.4. The zero-order valence-electron chi connectivity index (χ0n) is 12.5. The summed E-state index contributed by atoms with van der Waals surface area (Å²) in [6.07, 6.45) is -9.37. The van der Waals surface area contributed by atoms with E-state index in [2.05, 4.69) is 0 Å². The summed E-state index contributed by atoms with van der Waals surface area (Å²) in [7, 11) is -4.01. The van der Waals surface area contributed by atoms with Crippen molar-refractivity contribution < 1.29 is 43.4 Å². The van der Waals surface area contributed by atoms with E-state index in [0.717, 1.165) is 18.2 Å². The van der Waals surface area contributed by atoms with Gasteiger partial charge in [-0.3, -0.25) is 4.57 Å². The van der Waals surface area contributed by atoms with Gasteiger partial charge >= 0.3 is 0 Å². The summed E-state index contributed by atoms with van der Waals surface area (Å²) < 4.78 is 44.2. The van der Waals surface area contributed by atoms with Crippen LogP contribution in [0, 0.1) is 11.6 Å². The van der Waals surface area contributed by atoms with E-state index in [1.807, 2.05) is 0 Å². The number of halogens is 2. The summed E-state index contributed by atoms with van der Waals surface area (Å²) in [4.78, 5) is 9.93. The quantitative estimate of drug-likeness (QED) is 0.460. The molecule has 1 aliphatic heterocycles. The maximum atomic E-state index is 13.6. The minimum atomic E-state index is -4.01. The number of hydrogen-bond acceptors (Lipinski definition) is 6. The number of rotatable bonds is 5. The fourth-order valence-electron chi connectivity index (χ4n) is 2.51. The molecule has 0 aromatic heterocycles. The molecule has 1 saturated heterocycles. The maximum Gasteiger partial charge on any atom is 0.205 e. The fraction of sp³-hybridized carbons (Fsp3) is 0.571. The Balaban J connectivity index is 2.01. The highest BCUT2D eigenvalue weighted by Gasteiger charge is 2.43. The van der Waals surface area contributed by atoms with Gasteiger partial charge in [-0.2, -0.15) is 0 Å². The lowest BCUT2D eigenvalue weighted by Gasteiger charge is -2.38. The van der Waals surface area contributed by atoms with Crippen LogP contribution in [0.3, 0.4) is 0 Å². The third kappa shape index (κ3) is 4.37. The van der Waals surface area contributed by atoms with E-state index in [9.17, 15) is 38.7 Å². The van der Waals surface area contributed by atoms with Crippen LogP contribution in [0.1, 0.15) is 12.0 Å². The van der Waals surface area contributed by atoms with Crippen molar-refractivity contribution in [2.24, 2.45) is 0 Å². The van der Waals surface area contributed by atoms with Gasteiger partial charge in [-0.25, -0.2) is 8.78 Å². The second-order valence-corrected chi connectivity index (χ2v) is 8.21. The first-order chi connectivity index (χ1) is 11.1. The highest BCUT2D eigenvalue weighted by molar-refractivity contribution is 7.57. The molecule has 5 N–H and O–H groups in total. The van der Waals surface area contributed by atoms with E-state index < -0.39 is 67.6 Å². The summed E-state index contributed by atoms with van der Waals surface area (Å²) in [6, 6.07) is 3.08. The van der Waals surface area contributed by atoms with Crippen molar-refractivity contribution in [1.82, 2.24) is 0 Å². The van der Waals surface area contributed by atoms with Crippen molar-refractivity contribution in [3.05, 3.63) is 35.4 Å². The van der Waals surface area contributed by atoms with Gasteiger partial charge in [0.25, 0.3) is 0 Å². The molecule has 1 heterocycles. The molecule has 6 atom stereocenters. The Morgan fingerprint density at radius 3 is 2.21 bits per heavy atom. The van der Waals surface area contributed by atoms with Gasteiger partial charge in [0.15, 0.2) is 6.29 Å². The van der Waals surface area contributed by atoms with Crippen LogP contribution in [0.25, 0.3) is 0 Å². The van der Waals surface area contributed by atoms with Crippen LogP contribution in [0.2, 0.25) is 0 Å². The molecule has 0 aliphatic carbocycles. The van der Waals surface area contributed by atoms with Crippen LogP contribution in [-0.4, -0.2) is 62.2 Å². The van der Waals surface area contributed by atoms with Crippen molar-refractivity contribution in [2.45, 2.75) is 43.3 Å². The molecule has 0 spiro atoms. The van der Waals surface area contributed by atoms with E-state index in [4.69, 9.17) is 4.74 Å². The van der Waals surface area contributed by atoms with Gasteiger partial charge in [0.1, 0.15) is 29.9 Å². The Kier molecular flexibility index (Phi) is 6.09. The number of hydrogen-bond donors (Lipinski definition) is 5. The Morgan fingerprint density at radius 2 is 1.62 bits per heavy atom. The lowest BCUT2D eigenvalue weighted by atomic mass is 9.97. The molecule has 24 heavy (non-hydrogen) atoms. The summed E-state index contributed by atoms with van der Waals surface area (Å²) in [5, 5.41) is 38.1. The van der Waals surface area contributed by atoms with Crippen LogP contribution >= 0.6 is 7.37 Å². The van der Waals surface area contributed by atoms with Crippen LogP contribution in [0.15, 0.2) is 18.2 Å². The van der Waals surface area contributed by atoms with Crippen molar-refractivity contribution in [2.75, 3.05) is 6.16 Å². The van der Waals surface area contributed by atoms with E-state index in [-0.39, 0.29) is 6.42 Å². The topological polar surface area (TPSA) is 127 Å². The van der Waals surface area contributed by atoms with E-state index in [1.165, 1.54) is 0 Å². The first kappa shape index (κ1) is 19.4. The Labute approximate surface area is 136 Å². The van der Waals surface area contributed by atoms with Crippen molar-refractivity contribution in [3.8, 4) is 0 Å². The second kappa shape index (κ2) is 7.53. The second-order valence-electron chi connectivity index (χ2n) is 5.75. The Hall–Kier alpha value is -0.930. The van der Waals surface area contributed by atoms with Gasteiger partial charge in [0.2, 0.25) is 7.37 Å². The summed E-state index contributed by atoms with van der Waals surface area (Å²) in [5.74, 6) is -1.88. The summed E-state index contributed by atoms with van der Waals surface area (Å²) in [5.41, 5.74) is -0.510. The maximum absolute atomic E-state index is 13.6. The van der Waals surface area contributed by atoms with Crippen LogP contribution in [0.4, 0.5) is 8.78 Å². The molecule has 7 nitrogen and oxygen atoms in total. The number of ether oxygens (including phenoxy) is 1. The van der Waals surface area contributed by atoms with Crippen molar-refractivity contribution in [1.29, 1.82) is 0 Å². The monoisotopic (exact) mass is 368 g/mol. The smallest absolute Gasteiger partial charge is 0.205 e. The predicted octanol–water partition coefficient (Wildman–Crippen LogP) is -0.0748. The minimum Gasteiger partial charge on any atom is -0.388 e. The van der Waals surface area contributed by atoms with E-state index >= 15 is 0 Å². The fourth-order valence-corrected chi connectivity index (χ4v) is 4.12. The average molecular weight is 368 g/mol. The van der Waals surface area contributed by atoms with Gasteiger partial charge in [0.05, 0.1) is 12.3 Å². The molecule has 0 saturated carbocycles. The third-order valence-corrected chi connectivity index (χ3v) is 5.68. The van der Waals surface area contributed by atoms with E-state index in [1.54, 1.807) is 0 Å². The van der Waals surface area contributed by atoms with Crippen LogP contribution < -0.4 is 0 Å². The highest BCUT2D eigenvalue weighted by atomic mass is 31.2. The molecule has 1 aliphatic rings. The van der Waals surface area contributed by atoms with E-state index in [0.29, 0.717) is 0 Å². The highest BCUT2D eigenvalue weighted by Crippen LogP contribution is 2.46. The number of aliphatic hydroxyl groups excluding tert-OH is 4. The Bertz CT molecular complexity index is 609. The van der Waals surface area contributed by atoms with Crippen LogP contribution in [0.5, 0.6) is 0 Å². The number of benzene rings is 1. The van der Waals surface area contributed by atoms with Gasteiger partial charge in [-0.05, 0) is 18.6 Å². The molecule has 0 radical (unpaired) electrons. The lowest BCUT2D eigenvalue weighted by Crippen LogP contribution is -2.57. The molecular weight excluding hydrogens is 349 g/mol. The number of aliphatic hydroxyl groups is 4. The molecule has 1 aromatic rings. The molecule has 2 unspecified atom stereocenters. The molecule has 1 fully saturated rings. The molecule has 0 amide bonds. The van der Waals surface area contributed by atoms with Gasteiger partial charge in [0, 0.05) is 11.7 Å². The molecule has 10 heteroatoms. The first-order valence-electron chi connectivity index (χ1n) is 7.24. The molecule has 0 bridgehead atoms.